The van der Waals surface area contributed by atoms with Gasteiger partial charge in [0.15, 0.2) is 5.60 Å². The molecule has 3 amide bonds. The lowest BCUT2D eigenvalue weighted by molar-refractivity contribution is -0.170. The molecule has 14 nitrogen and oxygen atoms in total. The van der Waals surface area contributed by atoms with Crippen molar-refractivity contribution in [3.05, 3.63) is 65.7 Å². The van der Waals surface area contributed by atoms with Crippen LogP contribution in [0.4, 0.5) is 5.69 Å². The van der Waals surface area contributed by atoms with Gasteiger partial charge in [-0.25, -0.2) is 4.79 Å². The van der Waals surface area contributed by atoms with E-state index in [2.05, 4.69) is 22.8 Å². The number of nitrogens with zero attached hydrogens (tertiary/aromatic N) is 2. The predicted molar refractivity (Wildman–Crippen MR) is 186 cm³/mol. The molecule has 6 N–H and O–H groups in total. The van der Waals surface area contributed by atoms with Crippen molar-refractivity contribution in [2.75, 3.05) is 31.1 Å². The Labute approximate surface area is 296 Å². The fraction of sp³-hybridized carbons (Fsp3) is 0.514. The molecule has 2 aromatic rings. The van der Waals surface area contributed by atoms with Crippen LogP contribution in [0, 0.1) is 5.92 Å². The van der Waals surface area contributed by atoms with E-state index in [1.165, 1.54) is 0 Å². The van der Waals surface area contributed by atoms with Crippen LogP contribution in [-0.2, 0) is 40.6 Å². The summed E-state index contributed by atoms with van der Waals surface area (Å²) in [5, 5.41) is 40.2. The maximum Gasteiger partial charge on any atom is 0.336 e. The second-order valence-electron chi connectivity index (χ2n) is 14.0. The SMILES string of the molecule is CC1(C)C(=O)N(C2CCN(C(=O)C(CCc3ccccc3)NC(=O)[C@@H]3CCCNC3)CC2)c2ccccc21.O=C(O)CC(O)(CC(=O)O)C(=O)O. The average molecular weight is 709 g/mol. The average Bonchev–Trinajstić information content (AvgIpc) is 3.30. The zero-order valence-corrected chi connectivity index (χ0v) is 29.0. The van der Waals surface area contributed by atoms with Gasteiger partial charge in [-0.2, -0.15) is 0 Å². The van der Waals surface area contributed by atoms with E-state index >= 15 is 0 Å². The van der Waals surface area contributed by atoms with E-state index in [9.17, 15) is 28.8 Å². The Morgan fingerprint density at radius 1 is 0.922 bits per heavy atom. The summed E-state index contributed by atoms with van der Waals surface area (Å²) < 4.78 is 0. The van der Waals surface area contributed by atoms with Crippen molar-refractivity contribution < 1.29 is 49.2 Å². The number of aliphatic hydroxyl groups is 1. The summed E-state index contributed by atoms with van der Waals surface area (Å²) in [4.78, 5) is 74.6. The summed E-state index contributed by atoms with van der Waals surface area (Å²) in [5.74, 6) is -5.01. The number of amides is 3. The van der Waals surface area contributed by atoms with Gasteiger partial charge in [-0.3, -0.25) is 24.0 Å². The van der Waals surface area contributed by atoms with Crippen LogP contribution in [-0.4, -0.2) is 105 Å². The Morgan fingerprint density at radius 3 is 2.10 bits per heavy atom. The first kappa shape index (κ1) is 39.0. The number of nitrogens with one attached hydrogen (secondary N) is 2. The van der Waals surface area contributed by atoms with Crippen molar-refractivity contribution in [2.24, 2.45) is 5.92 Å². The van der Waals surface area contributed by atoms with Crippen LogP contribution >= 0.6 is 0 Å². The maximum absolute atomic E-state index is 13.7. The third-order valence-electron chi connectivity index (χ3n) is 9.86. The molecule has 2 saturated heterocycles. The quantitative estimate of drug-likeness (QED) is 0.188. The van der Waals surface area contributed by atoms with Gasteiger partial charge >= 0.3 is 17.9 Å². The molecule has 0 spiro atoms. The lowest BCUT2D eigenvalue weighted by Gasteiger charge is -2.39. The third kappa shape index (κ3) is 9.70. The highest BCUT2D eigenvalue weighted by molar-refractivity contribution is 6.08. The van der Waals surface area contributed by atoms with E-state index in [0.29, 0.717) is 26.1 Å². The van der Waals surface area contributed by atoms with E-state index < -0.39 is 47.8 Å². The molecule has 2 aromatic carbocycles. The van der Waals surface area contributed by atoms with E-state index in [4.69, 9.17) is 20.4 Å². The van der Waals surface area contributed by atoms with Crippen LogP contribution in [0.2, 0.25) is 0 Å². The van der Waals surface area contributed by atoms with Crippen LogP contribution in [0.25, 0.3) is 0 Å². The predicted octanol–water partition coefficient (Wildman–Crippen LogP) is 2.17. The standard InChI is InChI=1S/C31H40N4O3.C6H8O7/c1-31(2)25-12-6-7-13-27(25)35(30(31)38)24-16-19-34(20-17-24)29(37)26(15-14-22-9-4-3-5-10-22)33-28(36)23-11-8-18-32-21-23;7-3(8)1-6(13,5(11)12)2-4(9)10/h3-7,9-10,12-13,23-24,26,32H,8,11,14-21H2,1-2H3,(H,33,36);13H,1-2H2,(H,7,8)(H,9,10)(H,11,12)/t23-,26?;/m1./s1. The van der Waals surface area contributed by atoms with Gasteiger partial charge in [0, 0.05) is 31.4 Å². The van der Waals surface area contributed by atoms with Crippen molar-refractivity contribution >= 4 is 41.3 Å². The first-order valence-corrected chi connectivity index (χ1v) is 17.3. The van der Waals surface area contributed by atoms with Gasteiger partial charge in [0.05, 0.1) is 24.2 Å². The second kappa shape index (κ2) is 16.9. The zero-order chi connectivity index (χ0) is 37.3. The molecule has 2 atom stereocenters. The number of aliphatic carboxylic acids is 3. The van der Waals surface area contributed by atoms with Crippen LogP contribution in [0.1, 0.15) is 69.9 Å². The summed E-state index contributed by atoms with van der Waals surface area (Å²) in [7, 11) is 0. The van der Waals surface area contributed by atoms with Crippen molar-refractivity contribution in [3.8, 4) is 0 Å². The van der Waals surface area contributed by atoms with Gasteiger partial charge in [-0.1, -0.05) is 48.5 Å². The lowest BCUT2D eigenvalue weighted by Crippen LogP contribution is -2.55. The molecule has 276 valence electrons. The minimum atomic E-state index is -2.74. The second-order valence-corrected chi connectivity index (χ2v) is 14.0. The van der Waals surface area contributed by atoms with Crippen molar-refractivity contribution in [1.82, 2.24) is 15.5 Å². The van der Waals surface area contributed by atoms with Crippen LogP contribution < -0.4 is 15.5 Å². The van der Waals surface area contributed by atoms with E-state index in [0.717, 1.165) is 55.5 Å². The molecule has 14 heteroatoms. The number of likely N-dealkylation sites (tertiary alicyclic amines) is 1. The molecule has 3 aliphatic rings. The van der Waals surface area contributed by atoms with Crippen molar-refractivity contribution in [3.63, 3.8) is 0 Å². The normalized spacial score (nSPS) is 19.3. The first-order valence-electron chi connectivity index (χ1n) is 17.3. The minimum Gasteiger partial charge on any atom is -0.481 e. The number of anilines is 1. The molecule has 0 aliphatic carbocycles. The summed E-state index contributed by atoms with van der Waals surface area (Å²) in [5.41, 5.74) is -0.0423. The molecular formula is C37H48N4O10. The highest BCUT2D eigenvalue weighted by atomic mass is 16.4. The summed E-state index contributed by atoms with van der Waals surface area (Å²) in [6, 6.07) is 17.7. The van der Waals surface area contributed by atoms with Gasteiger partial charge < -0.3 is 40.9 Å². The molecule has 2 fully saturated rings. The van der Waals surface area contributed by atoms with Crippen LogP contribution in [0.3, 0.4) is 0 Å². The molecule has 3 heterocycles. The van der Waals surface area contributed by atoms with Gasteiger partial charge in [-0.15, -0.1) is 0 Å². The molecule has 5 rings (SSSR count). The largest absolute Gasteiger partial charge is 0.481 e. The Bertz CT molecular complexity index is 1570. The molecular weight excluding hydrogens is 660 g/mol. The first-order chi connectivity index (χ1) is 24.1. The van der Waals surface area contributed by atoms with Crippen LogP contribution in [0.15, 0.2) is 54.6 Å². The number of para-hydroxylation sites is 1. The van der Waals surface area contributed by atoms with Crippen molar-refractivity contribution in [1.29, 1.82) is 0 Å². The molecule has 1 unspecified atom stereocenters. The number of carbonyl (C=O) groups is 6. The number of rotatable bonds is 12. The van der Waals surface area contributed by atoms with Gasteiger partial charge in [0.1, 0.15) is 6.04 Å². The highest BCUT2D eigenvalue weighted by Crippen LogP contribution is 2.43. The van der Waals surface area contributed by atoms with Gasteiger partial charge in [0.25, 0.3) is 0 Å². The van der Waals surface area contributed by atoms with Gasteiger partial charge in [0.2, 0.25) is 17.7 Å². The minimum absolute atomic E-state index is 0.00928. The lowest BCUT2D eigenvalue weighted by atomic mass is 9.86. The number of piperidine rings is 2. The maximum atomic E-state index is 13.7. The Balaban J connectivity index is 0.000000383. The van der Waals surface area contributed by atoms with E-state index in [1.54, 1.807) is 0 Å². The van der Waals surface area contributed by atoms with Gasteiger partial charge in [-0.05, 0) is 76.1 Å². The third-order valence-corrected chi connectivity index (χ3v) is 9.86. The Hall–Kier alpha value is -4.82. The fourth-order valence-corrected chi connectivity index (χ4v) is 6.96. The Kier molecular flexibility index (Phi) is 12.9. The zero-order valence-electron chi connectivity index (χ0n) is 29.0. The number of fused-ring (bicyclic) bond motifs is 1. The Morgan fingerprint density at radius 2 is 1.53 bits per heavy atom. The molecule has 0 aromatic heterocycles. The topological polar surface area (TPSA) is 214 Å². The highest BCUT2D eigenvalue weighted by Gasteiger charge is 2.47. The fourth-order valence-electron chi connectivity index (χ4n) is 6.96. The smallest absolute Gasteiger partial charge is 0.336 e. The number of aryl methyl sites for hydroxylation is 1. The van der Waals surface area contributed by atoms with E-state index in [-0.39, 0.29) is 29.7 Å². The summed E-state index contributed by atoms with van der Waals surface area (Å²) >= 11 is 0. The van der Waals surface area contributed by atoms with Crippen LogP contribution in [0.5, 0.6) is 0 Å². The number of hydrogen-bond donors (Lipinski definition) is 6. The molecule has 0 saturated carbocycles. The monoisotopic (exact) mass is 708 g/mol. The number of carboxylic acid groups (broad SMARTS) is 3. The number of benzene rings is 2. The molecule has 51 heavy (non-hydrogen) atoms. The summed E-state index contributed by atoms with van der Waals surface area (Å²) in [6.45, 7) is 6.76. The number of hydrogen-bond acceptors (Lipinski definition) is 8. The summed E-state index contributed by atoms with van der Waals surface area (Å²) in [6.07, 6.45) is 2.30. The number of carbonyl (C=O) groups excluding carboxylic acids is 3. The van der Waals surface area contributed by atoms with E-state index in [1.807, 2.05) is 66.1 Å². The molecule has 0 bridgehead atoms. The van der Waals surface area contributed by atoms with Crippen molar-refractivity contribution in [2.45, 2.75) is 88.3 Å². The molecule has 3 aliphatic heterocycles. The number of carboxylic acids is 3. The molecule has 0 radical (unpaired) electrons.